The van der Waals surface area contributed by atoms with Crippen molar-refractivity contribution in [2.45, 2.75) is 45.4 Å². The van der Waals surface area contributed by atoms with Gasteiger partial charge in [-0.2, -0.15) is 5.10 Å². The molecule has 5 rings (SSSR count). The number of rotatable bonds is 3. The first-order chi connectivity index (χ1) is 14.9. The molecule has 1 aliphatic carbocycles. The van der Waals surface area contributed by atoms with Crippen LogP contribution in [0.1, 0.15) is 49.7 Å². The minimum absolute atomic E-state index is 0.117. The van der Waals surface area contributed by atoms with Crippen molar-refractivity contribution in [1.82, 2.24) is 19.7 Å². The second-order valence-electron chi connectivity index (χ2n) is 8.35. The number of hydrogen-bond acceptors (Lipinski definition) is 5. The van der Waals surface area contributed by atoms with Crippen LogP contribution in [0.25, 0.3) is 16.7 Å². The SMILES string of the molecule is Cc1nn([C@H](C)c2ccc(Cl)cc2Cl)c2nc(C3=CCC4(OCCO4)C(C)C3)cnc12. The summed E-state index contributed by atoms with van der Waals surface area (Å²) in [5.41, 5.74) is 5.34. The van der Waals surface area contributed by atoms with E-state index in [-0.39, 0.29) is 12.0 Å². The molecule has 0 amide bonds. The van der Waals surface area contributed by atoms with Crippen LogP contribution in [0.3, 0.4) is 0 Å². The summed E-state index contributed by atoms with van der Waals surface area (Å²) in [6.07, 6.45) is 5.56. The second kappa shape index (κ2) is 7.85. The number of allylic oxidation sites excluding steroid dienone is 1. The molecule has 1 aliphatic heterocycles. The van der Waals surface area contributed by atoms with Crippen molar-refractivity contribution < 1.29 is 9.47 Å². The molecule has 31 heavy (non-hydrogen) atoms. The number of hydrogen-bond donors (Lipinski definition) is 0. The third-order valence-corrected chi connectivity index (χ3v) is 6.93. The van der Waals surface area contributed by atoms with Crippen molar-refractivity contribution in [3.05, 3.63) is 57.5 Å². The van der Waals surface area contributed by atoms with Crippen LogP contribution in [-0.2, 0) is 9.47 Å². The number of fused-ring (bicyclic) bond motifs is 1. The molecule has 2 aliphatic rings. The lowest BCUT2D eigenvalue weighted by Crippen LogP contribution is -2.39. The number of ether oxygens (including phenoxy) is 2. The summed E-state index contributed by atoms with van der Waals surface area (Å²) in [5, 5.41) is 5.94. The Morgan fingerprint density at radius 2 is 2.00 bits per heavy atom. The average molecular weight is 459 g/mol. The molecular weight excluding hydrogens is 435 g/mol. The van der Waals surface area contributed by atoms with Crippen LogP contribution in [0.2, 0.25) is 10.0 Å². The number of aromatic nitrogens is 4. The predicted octanol–water partition coefficient (Wildman–Crippen LogP) is 5.61. The lowest BCUT2D eigenvalue weighted by Gasteiger charge is -2.36. The molecule has 3 heterocycles. The Hall–Kier alpha value is -1.99. The Morgan fingerprint density at radius 3 is 2.71 bits per heavy atom. The van der Waals surface area contributed by atoms with E-state index in [0.29, 0.717) is 23.3 Å². The summed E-state index contributed by atoms with van der Waals surface area (Å²) in [4.78, 5) is 9.68. The Labute approximate surface area is 191 Å². The van der Waals surface area contributed by atoms with Crippen molar-refractivity contribution in [2.24, 2.45) is 5.92 Å². The van der Waals surface area contributed by atoms with Crippen LogP contribution < -0.4 is 0 Å². The van der Waals surface area contributed by atoms with E-state index in [1.54, 1.807) is 6.07 Å². The lowest BCUT2D eigenvalue weighted by atomic mass is 9.83. The maximum atomic E-state index is 6.47. The third kappa shape index (κ3) is 3.55. The van der Waals surface area contributed by atoms with Crippen LogP contribution in [-0.4, -0.2) is 38.7 Å². The summed E-state index contributed by atoms with van der Waals surface area (Å²) in [5.74, 6) is -0.245. The molecular formula is C23H24Cl2N4O2. The number of benzene rings is 1. The highest BCUT2D eigenvalue weighted by Gasteiger charge is 2.43. The molecule has 0 saturated carbocycles. The highest BCUT2D eigenvalue weighted by Crippen LogP contribution is 2.42. The van der Waals surface area contributed by atoms with E-state index in [4.69, 9.17) is 47.7 Å². The van der Waals surface area contributed by atoms with Gasteiger partial charge in [-0.05, 0) is 43.5 Å². The molecule has 162 valence electrons. The van der Waals surface area contributed by atoms with Crippen LogP contribution in [0, 0.1) is 12.8 Å². The van der Waals surface area contributed by atoms with Gasteiger partial charge < -0.3 is 9.47 Å². The molecule has 1 fully saturated rings. The summed E-state index contributed by atoms with van der Waals surface area (Å²) in [6.45, 7) is 7.48. The molecule has 1 aromatic carbocycles. The zero-order chi connectivity index (χ0) is 21.8. The molecule has 1 saturated heterocycles. The maximum Gasteiger partial charge on any atom is 0.178 e. The molecule has 2 atom stereocenters. The highest BCUT2D eigenvalue weighted by atomic mass is 35.5. The quantitative estimate of drug-likeness (QED) is 0.510. The van der Waals surface area contributed by atoms with E-state index in [9.17, 15) is 0 Å². The number of aryl methyl sites for hydroxylation is 1. The van der Waals surface area contributed by atoms with Crippen LogP contribution >= 0.6 is 23.2 Å². The average Bonchev–Trinajstić information content (AvgIpc) is 3.35. The molecule has 0 bridgehead atoms. The van der Waals surface area contributed by atoms with Crippen molar-refractivity contribution in [2.75, 3.05) is 13.2 Å². The van der Waals surface area contributed by atoms with Gasteiger partial charge in [0.05, 0.1) is 36.8 Å². The van der Waals surface area contributed by atoms with Gasteiger partial charge in [-0.1, -0.05) is 42.3 Å². The Morgan fingerprint density at radius 1 is 1.23 bits per heavy atom. The zero-order valence-corrected chi connectivity index (χ0v) is 19.2. The largest absolute Gasteiger partial charge is 0.347 e. The second-order valence-corrected chi connectivity index (χ2v) is 9.19. The molecule has 1 unspecified atom stereocenters. The third-order valence-electron chi connectivity index (χ3n) is 6.37. The standard InChI is InChI=1S/C23H24Cl2N4O2/c1-13-10-16(6-7-23(13)30-8-9-31-23)20-12-26-21-14(2)28-29(22(21)27-20)15(3)18-5-4-17(24)11-19(18)25/h4-6,11-13,15H,7-10H2,1-3H3/t13?,15-/m1/s1. The van der Waals surface area contributed by atoms with Gasteiger partial charge in [-0.25, -0.2) is 14.6 Å². The van der Waals surface area contributed by atoms with Crippen molar-refractivity contribution in [1.29, 1.82) is 0 Å². The van der Waals surface area contributed by atoms with Gasteiger partial charge in [0.2, 0.25) is 0 Å². The fourth-order valence-electron chi connectivity index (χ4n) is 4.56. The molecule has 2 aromatic heterocycles. The normalized spacial score (nSPS) is 21.6. The van der Waals surface area contributed by atoms with Gasteiger partial charge in [0.25, 0.3) is 0 Å². The maximum absolute atomic E-state index is 6.47. The minimum Gasteiger partial charge on any atom is -0.347 e. The molecule has 0 radical (unpaired) electrons. The van der Waals surface area contributed by atoms with E-state index < -0.39 is 5.79 Å². The first kappa shape index (κ1) is 20.9. The smallest absolute Gasteiger partial charge is 0.178 e. The number of halogens is 2. The van der Waals surface area contributed by atoms with Crippen LogP contribution in [0.15, 0.2) is 30.5 Å². The van der Waals surface area contributed by atoms with Gasteiger partial charge in [-0.15, -0.1) is 0 Å². The zero-order valence-electron chi connectivity index (χ0n) is 17.7. The lowest BCUT2D eigenvalue weighted by molar-refractivity contribution is -0.190. The summed E-state index contributed by atoms with van der Waals surface area (Å²) < 4.78 is 13.8. The highest BCUT2D eigenvalue weighted by molar-refractivity contribution is 6.35. The van der Waals surface area contributed by atoms with E-state index in [1.807, 2.05) is 29.9 Å². The van der Waals surface area contributed by atoms with Gasteiger partial charge >= 0.3 is 0 Å². The monoisotopic (exact) mass is 458 g/mol. The first-order valence-electron chi connectivity index (χ1n) is 10.5. The van der Waals surface area contributed by atoms with E-state index in [2.05, 4.69) is 19.9 Å². The van der Waals surface area contributed by atoms with E-state index >= 15 is 0 Å². The predicted molar refractivity (Wildman–Crippen MR) is 121 cm³/mol. The molecule has 1 spiro atoms. The number of nitrogens with zero attached hydrogens (tertiary/aromatic N) is 4. The van der Waals surface area contributed by atoms with Gasteiger partial charge in [0.15, 0.2) is 11.4 Å². The topological polar surface area (TPSA) is 62.1 Å². The van der Waals surface area contributed by atoms with E-state index in [0.717, 1.165) is 46.5 Å². The van der Waals surface area contributed by atoms with Crippen LogP contribution in [0.4, 0.5) is 0 Å². The Balaban J connectivity index is 1.53. The van der Waals surface area contributed by atoms with Crippen molar-refractivity contribution in [3.63, 3.8) is 0 Å². The summed E-state index contributed by atoms with van der Waals surface area (Å²) in [7, 11) is 0. The molecule has 0 N–H and O–H groups in total. The Kier molecular flexibility index (Phi) is 5.29. The summed E-state index contributed by atoms with van der Waals surface area (Å²) >= 11 is 12.5. The van der Waals surface area contributed by atoms with Gasteiger partial charge in [-0.3, -0.25) is 0 Å². The van der Waals surface area contributed by atoms with Crippen LogP contribution in [0.5, 0.6) is 0 Å². The van der Waals surface area contributed by atoms with E-state index in [1.165, 1.54) is 0 Å². The van der Waals surface area contributed by atoms with Gasteiger partial charge in [0.1, 0.15) is 5.52 Å². The first-order valence-corrected chi connectivity index (χ1v) is 11.3. The summed E-state index contributed by atoms with van der Waals surface area (Å²) in [6, 6.07) is 5.41. The molecule has 3 aromatic rings. The molecule has 6 nitrogen and oxygen atoms in total. The fraction of sp³-hybridized carbons (Fsp3) is 0.435. The fourth-order valence-corrected chi connectivity index (χ4v) is 5.13. The minimum atomic E-state index is -0.487. The Bertz CT molecular complexity index is 1180. The van der Waals surface area contributed by atoms with Crippen molar-refractivity contribution >= 4 is 39.9 Å². The van der Waals surface area contributed by atoms with Gasteiger partial charge in [0, 0.05) is 22.4 Å². The molecule has 8 heteroatoms. The van der Waals surface area contributed by atoms with Crippen molar-refractivity contribution in [3.8, 4) is 0 Å².